The molecule has 202 valence electrons. The molecule has 0 heterocycles. The molecule has 1 saturated carbocycles. The lowest BCUT2D eigenvalue weighted by molar-refractivity contribution is -0.236. The fraction of sp³-hybridized carbons (Fsp3) is 0.269. The van der Waals surface area contributed by atoms with Crippen molar-refractivity contribution in [1.82, 2.24) is 0 Å². The number of carbonyl (C=O) groups is 3. The number of ketones is 2. The number of aliphatic hydroxyl groups is 4. The maximum Gasteiger partial charge on any atom is 0.338 e. The summed E-state index contributed by atoms with van der Waals surface area (Å²) < 4.78 is 4.53. The van der Waals surface area contributed by atoms with E-state index in [1.807, 2.05) is 0 Å². The zero-order valence-electron chi connectivity index (χ0n) is 20.0. The van der Waals surface area contributed by atoms with Crippen LogP contribution in [0.25, 0.3) is 12.2 Å². The summed E-state index contributed by atoms with van der Waals surface area (Å²) in [6.07, 6.45) is -1.18. The van der Waals surface area contributed by atoms with E-state index in [9.17, 15) is 55.2 Å². The molecular formula is C26H26O12. The molecule has 1 aliphatic carbocycles. The Bertz CT molecular complexity index is 1240. The molecule has 2 aromatic rings. The Labute approximate surface area is 215 Å². The van der Waals surface area contributed by atoms with Crippen LogP contribution in [0.4, 0.5) is 0 Å². The SMILES string of the molecule is COC(=O)C1(O)C[C@](O)(C(=O)/C=C/c2ccc(O)c(O)c2)C(O)[C@@](O)(C(=O)/C=C/c2ccc(O)c(O)c2)C1. The Hall–Kier alpha value is -4.23. The van der Waals surface area contributed by atoms with Gasteiger partial charge in [0.25, 0.3) is 0 Å². The van der Waals surface area contributed by atoms with Crippen LogP contribution in [0.3, 0.4) is 0 Å². The molecule has 0 bridgehead atoms. The van der Waals surface area contributed by atoms with E-state index in [1.54, 1.807) is 0 Å². The van der Waals surface area contributed by atoms with E-state index in [0.29, 0.717) is 0 Å². The van der Waals surface area contributed by atoms with Gasteiger partial charge in [-0.25, -0.2) is 4.79 Å². The lowest BCUT2D eigenvalue weighted by Crippen LogP contribution is -2.72. The number of aliphatic hydroxyl groups excluding tert-OH is 1. The number of phenolic OH excluding ortho intramolecular Hbond substituents is 4. The van der Waals surface area contributed by atoms with Gasteiger partial charge in [-0.2, -0.15) is 0 Å². The first-order valence-electron chi connectivity index (χ1n) is 11.1. The monoisotopic (exact) mass is 530 g/mol. The summed E-state index contributed by atoms with van der Waals surface area (Å²) >= 11 is 0. The molecule has 38 heavy (non-hydrogen) atoms. The molecule has 0 aromatic heterocycles. The van der Waals surface area contributed by atoms with E-state index in [-0.39, 0.29) is 11.1 Å². The number of carbonyl (C=O) groups excluding carboxylic acids is 3. The lowest BCUT2D eigenvalue weighted by Gasteiger charge is -2.49. The minimum atomic E-state index is -3.06. The maximum absolute atomic E-state index is 13.0. The number of rotatable bonds is 7. The second-order valence-corrected chi connectivity index (χ2v) is 9.02. The zero-order valence-corrected chi connectivity index (χ0v) is 20.0. The second-order valence-electron chi connectivity index (χ2n) is 9.02. The first-order valence-corrected chi connectivity index (χ1v) is 11.1. The second kappa shape index (κ2) is 10.3. The average Bonchev–Trinajstić information content (AvgIpc) is 2.87. The number of aromatic hydroxyl groups is 4. The molecule has 0 radical (unpaired) electrons. The third-order valence-electron chi connectivity index (χ3n) is 6.30. The van der Waals surface area contributed by atoms with Gasteiger partial charge in [-0.15, -0.1) is 0 Å². The van der Waals surface area contributed by atoms with Gasteiger partial charge in [0.05, 0.1) is 7.11 Å². The van der Waals surface area contributed by atoms with Gasteiger partial charge >= 0.3 is 5.97 Å². The van der Waals surface area contributed by atoms with Gasteiger partial charge in [0.15, 0.2) is 51.4 Å². The molecule has 3 rings (SSSR count). The topological polar surface area (TPSA) is 222 Å². The first kappa shape index (κ1) is 28.3. The van der Waals surface area contributed by atoms with Crippen LogP contribution < -0.4 is 0 Å². The molecule has 0 unspecified atom stereocenters. The molecule has 12 nitrogen and oxygen atoms in total. The van der Waals surface area contributed by atoms with Gasteiger partial charge in [-0.1, -0.05) is 24.3 Å². The van der Waals surface area contributed by atoms with Crippen molar-refractivity contribution in [1.29, 1.82) is 0 Å². The Morgan fingerprint density at radius 1 is 0.763 bits per heavy atom. The predicted octanol–water partition coefficient (Wildman–Crippen LogP) is -0.105. The quantitative estimate of drug-likeness (QED) is 0.133. The summed E-state index contributed by atoms with van der Waals surface area (Å²) in [5, 5.41) is 82.3. The molecule has 12 heteroatoms. The molecule has 2 atom stereocenters. The number of phenols is 4. The average molecular weight is 530 g/mol. The number of ether oxygens (including phenoxy) is 1. The van der Waals surface area contributed by atoms with Crippen LogP contribution >= 0.6 is 0 Å². The Kier molecular flexibility index (Phi) is 7.65. The highest BCUT2D eigenvalue weighted by atomic mass is 16.5. The molecule has 0 aliphatic heterocycles. The van der Waals surface area contributed by atoms with E-state index in [2.05, 4.69) is 4.74 Å². The zero-order chi connectivity index (χ0) is 28.5. The molecule has 2 aromatic carbocycles. The number of methoxy groups -OCH3 is 1. The van der Waals surface area contributed by atoms with Crippen molar-refractivity contribution in [2.75, 3.05) is 7.11 Å². The summed E-state index contributed by atoms with van der Waals surface area (Å²) in [6.45, 7) is 0. The summed E-state index contributed by atoms with van der Waals surface area (Å²) in [7, 11) is 0.890. The smallest absolute Gasteiger partial charge is 0.338 e. The summed E-state index contributed by atoms with van der Waals surface area (Å²) in [5.41, 5.74) is -8.55. The number of hydrogen-bond acceptors (Lipinski definition) is 12. The van der Waals surface area contributed by atoms with Gasteiger partial charge in [0.1, 0.15) is 6.10 Å². The number of esters is 1. The van der Waals surface area contributed by atoms with Gasteiger partial charge in [0.2, 0.25) is 0 Å². The molecule has 0 spiro atoms. The summed E-state index contributed by atoms with van der Waals surface area (Å²) in [4.78, 5) is 38.5. The minimum Gasteiger partial charge on any atom is -0.504 e. The molecular weight excluding hydrogens is 504 g/mol. The van der Waals surface area contributed by atoms with Gasteiger partial charge in [0, 0.05) is 12.8 Å². The van der Waals surface area contributed by atoms with Crippen LogP contribution in [0.2, 0.25) is 0 Å². The Balaban J connectivity index is 2.00. The van der Waals surface area contributed by atoms with E-state index >= 15 is 0 Å². The van der Waals surface area contributed by atoms with Gasteiger partial charge < -0.3 is 45.6 Å². The van der Waals surface area contributed by atoms with E-state index in [1.165, 1.54) is 12.1 Å². The van der Waals surface area contributed by atoms with E-state index in [4.69, 9.17) is 0 Å². The fourth-order valence-corrected chi connectivity index (χ4v) is 4.24. The van der Waals surface area contributed by atoms with Crippen LogP contribution in [0.1, 0.15) is 24.0 Å². The standard InChI is InChI=1S/C26H26O12/c1-38-23(34)24(35)12-25(36,20(31)8-4-14-2-6-16(27)18(29)10-14)22(33)26(37,13-24)21(32)9-5-15-3-7-17(28)19(30)11-15/h2-11,22,27-30,33,35-37H,12-13H2,1H3/b8-4+,9-5+/t22?,24?,25-,26-/m0/s1. The summed E-state index contributed by atoms with van der Waals surface area (Å²) in [6, 6.07) is 7.01. The van der Waals surface area contributed by atoms with Crippen molar-refractivity contribution in [3.05, 3.63) is 59.7 Å². The highest BCUT2D eigenvalue weighted by molar-refractivity contribution is 6.06. The minimum absolute atomic E-state index is 0.178. The molecule has 8 N–H and O–H groups in total. The van der Waals surface area contributed by atoms with Crippen LogP contribution in [0.5, 0.6) is 23.0 Å². The van der Waals surface area contributed by atoms with Crippen molar-refractivity contribution < 1.29 is 60.0 Å². The third-order valence-corrected chi connectivity index (χ3v) is 6.30. The van der Waals surface area contributed by atoms with Gasteiger partial charge in [-0.3, -0.25) is 9.59 Å². The molecule has 0 saturated heterocycles. The van der Waals surface area contributed by atoms with Crippen LogP contribution in [-0.4, -0.2) is 88.4 Å². The van der Waals surface area contributed by atoms with Crippen LogP contribution in [0.15, 0.2) is 48.6 Å². The Morgan fingerprint density at radius 3 is 1.50 bits per heavy atom. The molecule has 1 aliphatic rings. The lowest BCUT2D eigenvalue weighted by atomic mass is 9.62. The van der Waals surface area contributed by atoms with E-state index in [0.717, 1.165) is 55.7 Å². The third kappa shape index (κ3) is 5.24. The molecule has 1 fully saturated rings. The van der Waals surface area contributed by atoms with Crippen LogP contribution in [-0.2, 0) is 19.1 Å². The van der Waals surface area contributed by atoms with Crippen molar-refractivity contribution in [2.24, 2.45) is 0 Å². The van der Waals surface area contributed by atoms with Crippen LogP contribution in [0, 0.1) is 0 Å². The number of benzene rings is 2. The largest absolute Gasteiger partial charge is 0.504 e. The van der Waals surface area contributed by atoms with Crippen molar-refractivity contribution in [3.63, 3.8) is 0 Å². The van der Waals surface area contributed by atoms with E-state index < -0.39 is 76.3 Å². The highest BCUT2D eigenvalue weighted by Crippen LogP contribution is 2.44. The first-order chi connectivity index (χ1) is 17.7. The normalized spacial score (nSPS) is 27.4. The highest BCUT2D eigenvalue weighted by Gasteiger charge is 2.67. The van der Waals surface area contributed by atoms with Crippen molar-refractivity contribution in [2.45, 2.75) is 35.7 Å². The summed E-state index contributed by atoms with van der Waals surface area (Å²) in [5.74, 6) is -5.89. The van der Waals surface area contributed by atoms with Gasteiger partial charge in [-0.05, 0) is 47.5 Å². The molecule has 0 amide bonds. The fourth-order valence-electron chi connectivity index (χ4n) is 4.24. The maximum atomic E-state index is 13.0. The van der Waals surface area contributed by atoms with Crippen molar-refractivity contribution >= 4 is 29.7 Å². The van der Waals surface area contributed by atoms with Crippen molar-refractivity contribution in [3.8, 4) is 23.0 Å². The Morgan fingerprint density at radius 2 is 1.16 bits per heavy atom. The predicted molar refractivity (Wildman–Crippen MR) is 130 cm³/mol. The number of hydrogen-bond donors (Lipinski definition) is 8.